The summed E-state index contributed by atoms with van der Waals surface area (Å²) in [7, 11) is -3.25. The molecule has 3 aromatic rings. The van der Waals surface area contributed by atoms with E-state index in [0.717, 1.165) is 23.1 Å². The van der Waals surface area contributed by atoms with Crippen molar-refractivity contribution < 1.29 is 22.7 Å². The van der Waals surface area contributed by atoms with Crippen molar-refractivity contribution in [3.05, 3.63) is 53.4 Å². The summed E-state index contributed by atoms with van der Waals surface area (Å²) in [5.41, 5.74) is 2.32. The fourth-order valence-corrected chi connectivity index (χ4v) is 4.09. The fourth-order valence-electron chi connectivity index (χ4n) is 2.72. The summed E-state index contributed by atoms with van der Waals surface area (Å²) < 4.78 is 33.6. The Morgan fingerprint density at radius 2 is 1.89 bits per heavy atom. The van der Waals surface area contributed by atoms with Gasteiger partial charge in [-0.15, -0.1) is 11.3 Å². The zero-order valence-corrected chi connectivity index (χ0v) is 16.5. The van der Waals surface area contributed by atoms with Gasteiger partial charge in [-0.05, 0) is 35.9 Å². The van der Waals surface area contributed by atoms with Crippen LogP contribution in [-0.2, 0) is 21.1 Å². The van der Waals surface area contributed by atoms with Gasteiger partial charge in [0.05, 0.1) is 17.0 Å². The number of anilines is 1. The van der Waals surface area contributed by atoms with Gasteiger partial charge in [0, 0.05) is 17.2 Å². The Morgan fingerprint density at radius 1 is 1.14 bits per heavy atom. The minimum absolute atomic E-state index is 0.128. The summed E-state index contributed by atoms with van der Waals surface area (Å²) in [6.45, 7) is 0.211. The van der Waals surface area contributed by atoms with E-state index in [1.165, 1.54) is 23.5 Å². The van der Waals surface area contributed by atoms with Gasteiger partial charge < -0.3 is 14.8 Å². The largest absolute Gasteiger partial charge is 0.454 e. The van der Waals surface area contributed by atoms with Gasteiger partial charge in [-0.25, -0.2) is 13.4 Å². The number of amides is 1. The van der Waals surface area contributed by atoms with Crippen molar-refractivity contribution in [2.75, 3.05) is 18.4 Å². The number of carbonyl (C=O) groups excluding carboxylic acids is 1. The molecule has 2 heterocycles. The third-order valence-electron chi connectivity index (χ3n) is 4.14. The van der Waals surface area contributed by atoms with Crippen LogP contribution in [0.3, 0.4) is 0 Å². The van der Waals surface area contributed by atoms with E-state index in [9.17, 15) is 13.2 Å². The summed E-state index contributed by atoms with van der Waals surface area (Å²) in [6, 6.07) is 11.8. The van der Waals surface area contributed by atoms with Crippen molar-refractivity contribution in [2.45, 2.75) is 11.3 Å². The number of rotatable bonds is 5. The van der Waals surface area contributed by atoms with E-state index in [-0.39, 0.29) is 24.0 Å². The maximum atomic E-state index is 12.3. The molecule has 4 rings (SSSR count). The Balaban J connectivity index is 1.42. The van der Waals surface area contributed by atoms with Crippen LogP contribution in [0.4, 0.5) is 5.13 Å². The molecule has 0 aliphatic carbocycles. The van der Waals surface area contributed by atoms with Crippen LogP contribution in [0.2, 0.25) is 0 Å². The molecule has 0 unspecified atom stereocenters. The first-order chi connectivity index (χ1) is 13.4. The number of benzene rings is 2. The Kier molecular flexibility index (Phi) is 4.78. The Labute approximate surface area is 165 Å². The highest BCUT2D eigenvalue weighted by molar-refractivity contribution is 7.90. The number of fused-ring (bicyclic) bond motifs is 1. The molecule has 0 atom stereocenters. The van der Waals surface area contributed by atoms with Crippen LogP contribution in [0, 0.1) is 0 Å². The number of hydrogen-bond acceptors (Lipinski definition) is 7. The normalized spacial score (nSPS) is 12.8. The molecule has 1 aliphatic rings. The number of aromatic nitrogens is 1. The molecule has 1 aliphatic heterocycles. The van der Waals surface area contributed by atoms with E-state index in [1.807, 2.05) is 23.6 Å². The fraction of sp³-hybridized carbons (Fsp3) is 0.158. The van der Waals surface area contributed by atoms with Crippen LogP contribution < -0.4 is 14.8 Å². The zero-order chi connectivity index (χ0) is 19.7. The lowest BCUT2D eigenvalue weighted by atomic mass is 10.1. The number of nitrogens with one attached hydrogen (secondary N) is 1. The van der Waals surface area contributed by atoms with Gasteiger partial charge in [0.15, 0.2) is 26.5 Å². The molecule has 1 N–H and O–H groups in total. The lowest BCUT2D eigenvalue weighted by Gasteiger charge is -2.04. The van der Waals surface area contributed by atoms with E-state index in [1.54, 1.807) is 12.1 Å². The van der Waals surface area contributed by atoms with Gasteiger partial charge in [-0.2, -0.15) is 0 Å². The van der Waals surface area contributed by atoms with Gasteiger partial charge in [0.1, 0.15) is 0 Å². The van der Waals surface area contributed by atoms with Crippen LogP contribution in [-0.4, -0.2) is 32.4 Å². The molecule has 0 saturated carbocycles. The lowest BCUT2D eigenvalue weighted by molar-refractivity contribution is -0.115. The number of ether oxygens (including phenoxy) is 2. The van der Waals surface area contributed by atoms with Crippen molar-refractivity contribution in [2.24, 2.45) is 0 Å². The van der Waals surface area contributed by atoms with Gasteiger partial charge in [0.2, 0.25) is 12.7 Å². The van der Waals surface area contributed by atoms with Crippen LogP contribution in [0.15, 0.2) is 52.7 Å². The molecular weight excluding hydrogens is 400 g/mol. The average Bonchev–Trinajstić information content (AvgIpc) is 3.29. The molecule has 0 spiro atoms. The predicted octanol–water partition coefficient (Wildman–Crippen LogP) is 3.12. The molecule has 9 heteroatoms. The first kappa shape index (κ1) is 18.5. The first-order valence-electron chi connectivity index (χ1n) is 8.33. The molecule has 2 aromatic carbocycles. The van der Waals surface area contributed by atoms with E-state index >= 15 is 0 Å². The molecular formula is C19H16N2O5S2. The monoisotopic (exact) mass is 416 g/mol. The summed E-state index contributed by atoms with van der Waals surface area (Å²) in [5.74, 6) is 1.15. The van der Waals surface area contributed by atoms with Crippen molar-refractivity contribution >= 4 is 32.2 Å². The molecule has 1 aromatic heterocycles. The minimum atomic E-state index is -3.25. The van der Waals surface area contributed by atoms with Crippen molar-refractivity contribution in [3.63, 3.8) is 0 Å². The Bertz CT molecular complexity index is 1140. The summed E-state index contributed by atoms with van der Waals surface area (Å²) in [4.78, 5) is 16.9. The molecule has 0 saturated heterocycles. The Morgan fingerprint density at radius 3 is 2.64 bits per heavy atom. The van der Waals surface area contributed by atoms with Gasteiger partial charge in [0.25, 0.3) is 0 Å². The SMILES string of the molecule is CS(=O)(=O)c1ccc(CC(=O)Nc2nc(-c3ccc4c(c3)OCO4)cs2)cc1. The predicted molar refractivity (Wildman–Crippen MR) is 106 cm³/mol. The second-order valence-corrected chi connectivity index (χ2v) is 9.12. The number of sulfone groups is 1. The van der Waals surface area contributed by atoms with Crippen LogP contribution in [0.1, 0.15) is 5.56 Å². The first-order valence-corrected chi connectivity index (χ1v) is 11.1. The number of carbonyl (C=O) groups is 1. The Hall–Kier alpha value is -2.91. The van der Waals surface area contributed by atoms with Gasteiger partial charge >= 0.3 is 0 Å². The van der Waals surface area contributed by atoms with E-state index in [0.29, 0.717) is 16.6 Å². The average molecular weight is 416 g/mol. The van der Waals surface area contributed by atoms with Crippen molar-refractivity contribution in [1.82, 2.24) is 4.98 Å². The highest BCUT2D eigenvalue weighted by Crippen LogP contribution is 2.36. The summed E-state index contributed by atoms with van der Waals surface area (Å²) in [5, 5.41) is 5.12. The third-order valence-corrected chi connectivity index (χ3v) is 6.02. The maximum Gasteiger partial charge on any atom is 0.231 e. The van der Waals surface area contributed by atoms with Crippen LogP contribution >= 0.6 is 11.3 Å². The molecule has 1 amide bonds. The third kappa shape index (κ3) is 4.00. The van der Waals surface area contributed by atoms with Crippen LogP contribution in [0.5, 0.6) is 11.5 Å². The quantitative estimate of drug-likeness (QED) is 0.687. The standard InChI is InChI=1S/C19H16N2O5S2/c1-28(23,24)14-5-2-12(3-6-14)8-18(22)21-19-20-15(10-27-19)13-4-7-16-17(9-13)26-11-25-16/h2-7,9-10H,8,11H2,1H3,(H,20,21,22). The van der Waals surface area contributed by atoms with E-state index in [2.05, 4.69) is 10.3 Å². The lowest BCUT2D eigenvalue weighted by Crippen LogP contribution is -2.14. The zero-order valence-electron chi connectivity index (χ0n) is 14.8. The number of hydrogen-bond donors (Lipinski definition) is 1. The van der Waals surface area contributed by atoms with E-state index < -0.39 is 9.84 Å². The molecule has 7 nitrogen and oxygen atoms in total. The van der Waals surface area contributed by atoms with Gasteiger partial charge in [-0.3, -0.25) is 4.79 Å². The van der Waals surface area contributed by atoms with Crippen molar-refractivity contribution in [1.29, 1.82) is 0 Å². The highest BCUT2D eigenvalue weighted by atomic mass is 32.2. The molecule has 0 bridgehead atoms. The second-order valence-electron chi connectivity index (χ2n) is 6.25. The van der Waals surface area contributed by atoms with Crippen LogP contribution in [0.25, 0.3) is 11.3 Å². The maximum absolute atomic E-state index is 12.3. The molecule has 0 radical (unpaired) electrons. The molecule has 0 fully saturated rings. The minimum Gasteiger partial charge on any atom is -0.454 e. The second kappa shape index (κ2) is 7.25. The smallest absolute Gasteiger partial charge is 0.231 e. The van der Waals surface area contributed by atoms with E-state index in [4.69, 9.17) is 9.47 Å². The number of nitrogens with zero attached hydrogens (tertiary/aromatic N) is 1. The number of thiazole rings is 1. The molecule has 28 heavy (non-hydrogen) atoms. The highest BCUT2D eigenvalue weighted by Gasteiger charge is 2.16. The topological polar surface area (TPSA) is 94.6 Å². The van der Waals surface area contributed by atoms with Crippen molar-refractivity contribution in [3.8, 4) is 22.8 Å². The summed E-state index contributed by atoms with van der Waals surface area (Å²) in [6.07, 6.45) is 1.28. The summed E-state index contributed by atoms with van der Waals surface area (Å²) >= 11 is 1.33. The van der Waals surface area contributed by atoms with Gasteiger partial charge in [-0.1, -0.05) is 12.1 Å². The molecule has 144 valence electrons.